The van der Waals surface area contributed by atoms with Crippen LogP contribution in [0.5, 0.6) is 0 Å². The number of anilines is 3. The quantitative estimate of drug-likeness (QED) is 0.821. The van der Waals surface area contributed by atoms with E-state index in [4.69, 9.17) is 5.26 Å². The summed E-state index contributed by atoms with van der Waals surface area (Å²) in [6.45, 7) is 6.63. The van der Waals surface area contributed by atoms with Gasteiger partial charge in [0.15, 0.2) is 0 Å². The monoisotopic (exact) mass is 277 g/mol. The van der Waals surface area contributed by atoms with Gasteiger partial charge in [-0.2, -0.15) is 5.26 Å². The maximum Gasteiger partial charge on any atom is 0.104 e. The summed E-state index contributed by atoms with van der Waals surface area (Å²) in [6, 6.07) is 18.9. The van der Waals surface area contributed by atoms with Crippen molar-refractivity contribution in [1.82, 2.24) is 0 Å². The third-order valence-corrected chi connectivity index (χ3v) is 4.01. The molecule has 2 aromatic rings. The molecule has 0 N–H and O–H groups in total. The summed E-state index contributed by atoms with van der Waals surface area (Å²) in [5.41, 5.74) is 4.22. The lowest BCUT2D eigenvalue weighted by atomic mass is 10.2. The van der Waals surface area contributed by atoms with Crippen LogP contribution in [0.2, 0.25) is 0 Å². The molecule has 0 unspecified atom stereocenters. The number of fused-ring (bicyclic) bond motifs is 1. The maximum atomic E-state index is 9.13. The minimum Gasteiger partial charge on any atom is -0.347 e. The predicted octanol–water partition coefficient (Wildman–Crippen LogP) is 4.27. The van der Waals surface area contributed by atoms with E-state index in [0.717, 1.165) is 5.69 Å². The Bertz CT molecular complexity index is 700. The standard InChI is InChI=1S/C18H19N3/c1-13(2)20-14(3)21(18-10-5-4-9-17(18)20)16-8-6-7-15(11-16)12-19/h4-11,13-14H,1-3H3/t14-/m1/s1. The molecule has 3 heteroatoms. The number of hydrogen-bond acceptors (Lipinski definition) is 3. The van der Waals surface area contributed by atoms with Crippen LogP contribution in [0.15, 0.2) is 48.5 Å². The average molecular weight is 277 g/mol. The van der Waals surface area contributed by atoms with Crippen molar-refractivity contribution in [3.05, 3.63) is 54.1 Å². The van der Waals surface area contributed by atoms with E-state index in [9.17, 15) is 0 Å². The second-order valence-electron chi connectivity index (χ2n) is 5.65. The molecule has 3 rings (SSSR count). The van der Waals surface area contributed by atoms with Crippen LogP contribution in [0, 0.1) is 11.3 Å². The Labute approximate surface area is 126 Å². The van der Waals surface area contributed by atoms with Crippen molar-refractivity contribution in [2.45, 2.75) is 33.0 Å². The molecule has 0 fully saturated rings. The highest BCUT2D eigenvalue weighted by Gasteiger charge is 2.34. The van der Waals surface area contributed by atoms with E-state index < -0.39 is 0 Å². The predicted molar refractivity (Wildman–Crippen MR) is 86.8 cm³/mol. The van der Waals surface area contributed by atoms with Crippen molar-refractivity contribution < 1.29 is 0 Å². The molecule has 21 heavy (non-hydrogen) atoms. The fourth-order valence-corrected chi connectivity index (χ4v) is 3.20. The molecule has 0 bridgehead atoms. The largest absolute Gasteiger partial charge is 0.347 e. The van der Waals surface area contributed by atoms with Gasteiger partial charge >= 0.3 is 0 Å². The zero-order valence-corrected chi connectivity index (χ0v) is 12.6. The molecule has 2 aromatic carbocycles. The van der Waals surface area contributed by atoms with Crippen LogP contribution in [0.3, 0.4) is 0 Å². The molecule has 1 aliphatic rings. The molecule has 1 aliphatic heterocycles. The number of para-hydroxylation sites is 2. The molecule has 106 valence electrons. The Hall–Kier alpha value is -2.47. The highest BCUT2D eigenvalue weighted by molar-refractivity contribution is 5.84. The Kier molecular flexibility index (Phi) is 3.31. The van der Waals surface area contributed by atoms with Gasteiger partial charge in [-0.15, -0.1) is 0 Å². The van der Waals surface area contributed by atoms with E-state index in [0.29, 0.717) is 11.6 Å². The SMILES string of the molecule is CC(C)N1c2ccccc2N(c2cccc(C#N)c2)[C@@H]1C. The van der Waals surface area contributed by atoms with E-state index in [1.807, 2.05) is 18.2 Å². The first-order chi connectivity index (χ1) is 10.1. The summed E-state index contributed by atoms with van der Waals surface area (Å²) in [5.74, 6) is 0. The Morgan fingerprint density at radius 1 is 1.05 bits per heavy atom. The fourth-order valence-electron chi connectivity index (χ4n) is 3.20. The van der Waals surface area contributed by atoms with Crippen molar-refractivity contribution in [2.75, 3.05) is 9.80 Å². The number of nitrogens with zero attached hydrogens (tertiary/aromatic N) is 3. The first kappa shape index (κ1) is 13.5. The van der Waals surface area contributed by atoms with Crippen molar-refractivity contribution in [2.24, 2.45) is 0 Å². The smallest absolute Gasteiger partial charge is 0.104 e. The second-order valence-corrected chi connectivity index (χ2v) is 5.65. The molecule has 0 aliphatic carbocycles. The van der Waals surface area contributed by atoms with Gasteiger partial charge in [0.05, 0.1) is 23.0 Å². The second kappa shape index (κ2) is 5.14. The minimum absolute atomic E-state index is 0.233. The lowest BCUT2D eigenvalue weighted by Crippen LogP contribution is -2.42. The van der Waals surface area contributed by atoms with Crippen LogP contribution in [-0.4, -0.2) is 12.2 Å². The van der Waals surface area contributed by atoms with Crippen LogP contribution >= 0.6 is 0 Å². The molecule has 0 radical (unpaired) electrons. The van der Waals surface area contributed by atoms with Crippen molar-refractivity contribution in [3.8, 4) is 6.07 Å². The normalized spacial score (nSPS) is 17.0. The van der Waals surface area contributed by atoms with Gasteiger partial charge in [-0.25, -0.2) is 0 Å². The van der Waals surface area contributed by atoms with E-state index in [1.165, 1.54) is 11.4 Å². The van der Waals surface area contributed by atoms with E-state index in [1.54, 1.807) is 0 Å². The minimum atomic E-state index is 0.233. The topological polar surface area (TPSA) is 30.3 Å². The molecule has 0 saturated carbocycles. The molecule has 1 atom stereocenters. The lowest BCUT2D eigenvalue weighted by Gasteiger charge is -2.33. The van der Waals surface area contributed by atoms with E-state index in [2.05, 4.69) is 67.0 Å². The summed E-state index contributed by atoms with van der Waals surface area (Å²) in [7, 11) is 0. The van der Waals surface area contributed by atoms with Gasteiger partial charge < -0.3 is 9.80 Å². The van der Waals surface area contributed by atoms with Crippen LogP contribution in [0.1, 0.15) is 26.3 Å². The Morgan fingerprint density at radius 3 is 2.43 bits per heavy atom. The van der Waals surface area contributed by atoms with E-state index >= 15 is 0 Å². The maximum absolute atomic E-state index is 9.13. The van der Waals surface area contributed by atoms with Gasteiger partial charge in [0.1, 0.15) is 6.17 Å². The first-order valence-electron chi connectivity index (χ1n) is 7.30. The third-order valence-electron chi connectivity index (χ3n) is 4.01. The fraction of sp³-hybridized carbons (Fsp3) is 0.278. The molecule has 0 saturated heterocycles. The van der Waals surface area contributed by atoms with Gasteiger partial charge in [0, 0.05) is 11.7 Å². The molecule has 0 aromatic heterocycles. The lowest BCUT2D eigenvalue weighted by molar-refractivity contribution is 0.607. The molecular formula is C18H19N3. The van der Waals surface area contributed by atoms with Gasteiger partial charge in [0.2, 0.25) is 0 Å². The van der Waals surface area contributed by atoms with Crippen LogP contribution in [0.25, 0.3) is 0 Å². The van der Waals surface area contributed by atoms with Gasteiger partial charge in [-0.1, -0.05) is 18.2 Å². The summed E-state index contributed by atoms with van der Waals surface area (Å²) < 4.78 is 0. The number of hydrogen-bond donors (Lipinski definition) is 0. The molecule has 0 amide bonds. The number of benzene rings is 2. The highest BCUT2D eigenvalue weighted by atomic mass is 15.4. The molecule has 1 heterocycles. The zero-order chi connectivity index (χ0) is 15.0. The van der Waals surface area contributed by atoms with Gasteiger partial charge in [-0.3, -0.25) is 0 Å². The molecular weight excluding hydrogens is 258 g/mol. The van der Waals surface area contributed by atoms with Crippen molar-refractivity contribution in [3.63, 3.8) is 0 Å². The van der Waals surface area contributed by atoms with Crippen LogP contribution in [0.4, 0.5) is 17.1 Å². The van der Waals surface area contributed by atoms with Crippen molar-refractivity contribution >= 4 is 17.1 Å². The van der Waals surface area contributed by atoms with Crippen molar-refractivity contribution in [1.29, 1.82) is 5.26 Å². The molecule has 0 spiro atoms. The first-order valence-corrected chi connectivity index (χ1v) is 7.30. The van der Waals surface area contributed by atoms with E-state index in [-0.39, 0.29) is 6.17 Å². The molecule has 3 nitrogen and oxygen atoms in total. The summed E-state index contributed by atoms with van der Waals surface area (Å²) in [4.78, 5) is 4.71. The number of nitriles is 1. The number of rotatable bonds is 2. The highest BCUT2D eigenvalue weighted by Crippen LogP contribution is 2.44. The van der Waals surface area contributed by atoms with Gasteiger partial charge in [0.25, 0.3) is 0 Å². The Balaban J connectivity index is 2.13. The Morgan fingerprint density at radius 2 is 1.76 bits per heavy atom. The van der Waals surface area contributed by atoms with Crippen LogP contribution in [-0.2, 0) is 0 Å². The third kappa shape index (κ3) is 2.13. The summed E-state index contributed by atoms with van der Waals surface area (Å²) >= 11 is 0. The van der Waals surface area contributed by atoms with Gasteiger partial charge in [-0.05, 0) is 51.1 Å². The summed E-state index contributed by atoms with van der Waals surface area (Å²) in [6.07, 6.45) is 0.233. The average Bonchev–Trinajstić information content (AvgIpc) is 2.79. The zero-order valence-electron chi connectivity index (χ0n) is 12.6. The summed E-state index contributed by atoms with van der Waals surface area (Å²) in [5, 5.41) is 9.13. The van der Waals surface area contributed by atoms with Crippen LogP contribution < -0.4 is 9.80 Å².